The van der Waals surface area contributed by atoms with Crippen molar-refractivity contribution >= 4 is 28.3 Å². The van der Waals surface area contributed by atoms with E-state index in [2.05, 4.69) is 34.8 Å². The fourth-order valence-electron chi connectivity index (χ4n) is 3.23. The summed E-state index contributed by atoms with van der Waals surface area (Å²) in [5.74, 6) is 1.98. The molecule has 24 heavy (non-hydrogen) atoms. The number of nitrogens with zero attached hydrogens (tertiary/aromatic N) is 7. The van der Waals surface area contributed by atoms with E-state index in [0.717, 1.165) is 54.5 Å². The van der Waals surface area contributed by atoms with E-state index in [0.29, 0.717) is 0 Å². The maximum atomic E-state index is 4.63. The molecule has 0 spiro atoms. The van der Waals surface area contributed by atoms with Crippen LogP contribution < -0.4 is 9.80 Å². The van der Waals surface area contributed by atoms with E-state index >= 15 is 0 Å². The second kappa shape index (κ2) is 5.19. The first kappa shape index (κ1) is 13.3. The van der Waals surface area contributed by atoms with Crippen molar-refractivity contribution in [1.29, 1.82) is 0 Å². The zero-order valence-electron chi connectivity index (χ0n) is 13.0. The molecule has 5 rings (SSSR count). The summed E-state index contributed by atoms with van der Waals surface area (Å²) in [6.07, 6.45) is 7.17. The summed E-state index contributed by atoms with van der Waals surface area (Å²) in [4.78, 5) is 20.7. The summed E-state index contributed by atoms with van der Waals surface area (Å²) >= 11 is 0. The van der Waals surface area contributed by atoms with Gasteiger partial charge in [-0.05, 0) is 18.2 Å². The van der Waals surface area contributed by atoms with Gasteiger partial charge in [-0.3, -0.25) is 0 Å². The van der Waals surface area contributed by atoms with Crippen LogP contribution in [0.5, 0.6) is 0 Å². The van der Waals surface area contributed by atoms with Gasteiger partial charge in [-0.2, -0.15) is 0 Å². The minimum Gasteiger partial charge on any atom is -0.352 e. The highest BCUT2D eigenvalue weighted by molar-refractivity contribution is 5.87. The first-order valence-electron chi connectivity index (χ1n) is 7.97. The molecule has 4 aromatic rings. The molecule has 1 saturated heterocycles. The SMILES string of the molecule is c1nc(N2CCN(c3ccc4nccn4n3)CC2)c2cc[nH]c2n1. The summed E-state index contributed by atoms with van der Waals surface area (Å²) in [7, 11) is 0. The molecule has 0 radical (unpaired) electrons. The number of H-pyrrole nitrogens is 1. The Kier molecular flexibility index (Phi) is 2.87. The number of nitrogens with one attached hydrogen (secondary N) is 1. The van der Waals surface area contributed by atoms with Crippen LogP contribution in [0.25, 0.3) is 16.7 Å². The zero-order valence-corrected chi connectivity index (χ0v) is 13.0. The molecular formula is C16H16N8. The third-order valence-electron chi connectivity index (χ3n) is 4.48. The van der Waals surface area contributed by atoms with Crippen molar-refractivity contribution in [3.05, 3.63) is 43.1 Å². The Morgan fingerprint density at radius 3 is 2.71 bits per heavy atom. The Hall–Kier alpha value is -3.16. The highest BCUT2D eigenvalue weighted by Gasteiger charge is 2.21. The quantitative estimate of drug-likeness (QED) is 0.600. The Balaban J connectivity index is 1.38. The normalized spacial score (nSPS) is 15.5. The number of aromatic nitrogens is 6. The lowest BCUT2D eigenvalue weighted by atomic mass is 10.2. The molecule has 1 aliphatic rings. The predicted octanol–water partition coefficient (Wildman–Crippen LogP) is 1.33. The average Bonchev–Trinajstić information content (AvgIpc) is 3.30. The van der Waals surface area contributed by atoms with Crippen LogP contribution in [0, 0.1) is 0 Å². The van der Waals surface area contributed by atoms with Crippen molar-refractivity contribution in [2.24, 2.45) is 0 Å². The molecule has 1 aliphatic heterocycles. The average molecular weight is 320 g/mol. The monoisotopic (exact) mass is 320 g/mol. The van der Waals surface area contributed by atoms with Crippen LogP contribution in [-0.4, -0.2) is 55.7 Å². The predicted molar refractivity (Wildman–Crippen MR) is 91.3 cm³/mol. The van der Waals surface area contributed by atoms with Crippen LogP contribution in [-0.2, 0) is 0 Å². The van der Waals surface area contributed by atoms with Gasteiger partial charge in [0, 0.05) is 44.8 Å². The topological polar surface area (TPSA) is 78.2 Å². The Bertz CT molecular complexity index is 995. The van der Waals surface area contributed by atoms with E-state index < -0.39 is 0 Å². The van der Waals surface area contributed by atoms with Gasteiger partial charge in [0.2, 0.25) is 0 Å². The third kappa shape index (κ3) is 2.07. The molecule has 1 N–H and O–H groups in total. The molecule has 0 aromatic carbocycles. The van der Waals surface area contributed by atoms with Gasteiger partial charge in [-0.25, -0.2) is 19.5 Å². The van der Waals surface area contributed by atoms with Gasteiger partial charge in [0.25, 0.3) is 0 Å². The lowest BCUT2D eigenvalue weighted by Crippen LogP contribution is -2.47. The molecule has 1 fully saturated rings. The summed E-state index contributed by atoms with van der Waals surface area (Å²) < 4.78 is 1.81. The molecule has 4 aromatic heterocycles. The van der Waals surface area contributed by atoms with Crippen molar-refractivity contribution in [2.75, 3.05) is 36.0 Å². The zero-order chi connectivity index (χ0) is 15.9. The first-order chi connectivity index (χ1) is 11.9. The number of fused-ring (bicyclic) bond motifs is 2. The van der Waals surface area contributed by atoms with E-state index in [1.54, 1.807) is 12.5 Å². The summed E-state index contributed by atoms with van der Waals surface area (Å²) in [5.41, 5.74) is 1.75. The molecule has 0 amide bonds. The molecule has 0 aliphatic carbocycles. The molecule has 0 bridgehead atoms. The molecule has 0 unspecified atom stereocenters. The number of aromatic amines is 1. The van der Waals surface area contributed by atoms with E-state index in [9.17, 15) is 0 Å². The van der Waals surface area contributed by atoms with Crippen molar-refractivity contribution in [3.63, 3.8) is 0 Å². The van der Waals surface area contributed by atoms with Crippen molar-refractivity contribution < 1.29 is 0 Å². The molecule has 8 heteroatoms. The Labute approximate surface area is 137 Å². The second-order valence-electron chi connectivity index (χ2n) is 5.83. The second-order valence-corrected chi connectivity index (χ2v) is 5.83. The molecular weight excluding hydrogens is 304 g/mol. The van der Waals surface area contributed by atoms with Crippen molar-refractivity contribution in [3.8, 4) is 0 Å². The van der Waals surface area contributed by atoms with Crippen LogP contribution >= 0.6 is 0 Å². The Morgan fingerprint density at radius 1 is 0.917 bits per heavy atom. The molecule has 8 nitrogen and oxygen atoms in total. The summed E-state index contributed by atoms with van der Waals surface area (Å²) in [5, 5.41) is 5.70. The van der Waals surface area contributed by atoms with Crippen molar-refractivity contribution in [1.82, 2.24) is 29.5 Å². The maximum Gasteiger partial charge on any atom is 0.153 e. The lowest BCUT2D eigenvalue weighted by molar-refractivity contribution is 0.637. The van der Waals surface area contributed by atoms with Gasteiger partial charge in [0.05, 0.1) is 5.39 Å². The van der Waals surface area contributed by atoms with Crippen LogP contribution in [0.15, 0.2) is 43.1 Å². The summed E-state index contributed by atoms with van der Waals surface area (Å²) in [6.45, 7) is 3.62. The van der Waals surface area contributed by atoms with E-state index in [1.807, 2.05) is 35.1 Å². The van der Waals surface area contributed by atoms with Gasteiger partial charge in [-0.1, -0.05) is 0 Å². The number of rotatable bonds is 2. The number of hydrogen-bond donors (Lipinski definition) is 1. The maximum absolute atomic E-state index is 4.63. The van der Waals surface area contributed by atoms with Gasteiger partial charge in [0.15, 0.2) is 5.65 Å². The van der Waals surface area contributed by atoms with Crippen LogP contribution in [0.3, 0.4) is 0 Å². The first-order valence-corrected chi connectivity index (χ1v) is 7.97. The number of hydrogen-bond acceptors (Lipinski definition) is 6. The number of imidazole rings is 1. The van der Waals surface area contributed by atoms with E-state index in [-0.39, 0.29) is 0 Å². The molecule has 120 valence electrons. The van der Waals surface area contributed by atoms with Gasteiger partial charge < -0.3 is 14.8 Å². The standard InChI is InChI=1S/C16H16N8/c1-2-14(21-24-6-5-17-13(1)24)22-7-9-23(10-8-22)16-12-3-4-18-15(12)19-11-20-16/h1-6,11H,7-10H2,(H,18,19,20). The summed E-state index contributed by atoms with van der Waals surface area (Å²) in [6, 6.07) is 6.07. The van der Waals surface area contributed by atoms with Crippen LogP contribution in [0.2, 0.25) is 0 Å². The fourth-order valence-corrected chi connectivity index (χ4v) is 3.23. The molecule has 5 heterocycles. The minimum absolute atomic E-state index is 0.869. The highest BCUT2D eigenvalue weighted by Crippen LogP contribution is 2.24. The Morgan fingerprint density at radius 2 is 1.79 bits per heavy atom. The van der Waals surface area contributed by atoms with Gasteiger partial charge in [-0.15, -0.1) is 5.10 Å². The number of piperazine rings is 1. The van der Waals surface area contributed by atoms with Gasteiger partial charge in [0.1, 0.15) is 23.6 Å². The van der Waals surface area contributed by atoms with E-state index in [4.69, 9.17) is 0 Å². The highest BCUT2D eigenvalue weighted by atomic mass is 15.4. The lowest BCUT2D eigenvalue weighted by Gasteiger charge is -2.36. The van der Waals surface area contributed by atoms with Crippen LogP contribution in [0.4, 0.5) is 11.6 Å². The van der Waals surface area contributed by atoms with Crippen molar-refractivity contribution in [2.45, 2.75) is 0 Å². The smallest absolute Gasteiger partial charge is 0.153 e. The van der Waals surface area contributed by atoms with Gasteiger partial charge >= 0.3 is 0 Å². The van der Waals surface area contributed by atoms with E-state index in [1.165, 1.54) is 0 Å². The minimum atomic E-state index is 0.869. The molecule has 0 saturated carbocycles. The largest absolute Gasteiger partial charge is 0.352 e. The fraction of sp³-hybridized carbons (Fsp3) is 0.250. The van der Waals surface area contributed by atoms with Crippen LogP contribution in [0.1, 0.15) is 0 Å². The molecule has 0 atom stereocenters. The third-order valence-corrected chi connectivity index (χ3v) is 4.48. The number of anilines is 2.